The number of benzene rings is 1. The van der Waals surface area contributed by atoms with E-state index >= 15 is 0 Å². The second-order valence-corrected chi connectivity index (χ2v) is 4.05. The van der Waals surface area contributed by atoms with Gasteiger partial charge in [0.15, 0.2) is 0 Å². The standard InChI is InChI=1S/C13H16O2/c1-10(2)12(14)15-13(3,4)11-8-6-5-7-9-11/h5-9H,1H2,2-4H3. The molecule has 0 aliphatic heterocycles. The Balaban J connectivity index is 2.85. The summed E-state index contributed by atoms with van der Waals surface area (Å²) in [6.45, 7) is 8.93. The zero-order valence-electron chi connectivity index (χ0n) is 9.41. The molecule has 2 nitrogen and oxygen atoms in total. The number of esters is 1. The zero-order chi connectivity index (χ0) is 11.5. The van der Waals surface area contributed by atoms with E-state index in [1.807, 2.05) is 44.2 Å². The van der Waals surface area contributed by atoms with Gasteiger partial charge in [0.05, 0.1) is 0 Å². The molecule has 15 heavy (non-hydrogen) atoms. The fourth-order valence-corrected chi connectivity index (χ4v) is 1.22. The van der Waals surface area contributed by atoms with E-state index in [0.29, 0.717) is 5.57 Å². The highest BCUT2D eigenvalue weighted by molar-refractivity contribution is 5.87. The maximum atomic E-state index is 11.4. The van der Waals surface area contributed by atoms with Crippen LogP contribution in [-0.2, 0) is 15.1 Å². The minimum Gasteiger partial charge on any atom is -0.451 e. The first-order chi connectivity index (χ1) is 6.93. The monoisotopic (exact) mass is 204 g/mol. The van der Waals surface area contributed by atoms with Crippen molar-refractivity contribution < 1.29 is 9.53 Å². The maximum absolute atomic E-state index is 11.4. The van der Waals surface area contributed by atoms with Crippen LogP contribution in [0.3, 0.4) is 0 Å². The normalized spacial score (nSPS) is 10.9. The summed E-state index contributed by atoms with van der Waals surface area (Å²) in [7, 11) is 0. The lowest BCUT2D eigenvalue weighted by atomic mass is 9.98. The lowest BCUT2D eigenvalue weighted by Crippen LogP contribution is -2.25. The van der Waals surface area contributed by atoms with Crippen molar-refractivity contribution >= 4 is 5.97 Å². The molecule has 0 heterocycles. The molecule has 1 aromatic carbocycles. The zero-order valence-corrected chi connectivity index (χ0v) is 9.41. The topological polar surface area (TPSA) is 26.3 Å². The molecule has 0 saturated heterocycles. The third-order valence-electron chi connectivity index (χ3n) is 2.17. The van der Waals surface area contributed by atoms with Crippen LogP contribution < -0.4 is 0 Å². The lowest BCUT2D eigenvalue weighted by Gasteiger charge is -2.25. The van der Waals surface area contributed by atoms with Gasteiger partial charge in [0.1, 0.15) is 5.60 Å². The molecule has 80 valence electrons. The first kappa shape index (κ1) is 11.5. The molecule has 1 aromatic rings. The molecule has 0 N–H and O–H groups in total. The Morgan fingerprint density at radius 2 is 1.80 bits per heavy atom. The minimum absolute atomic E-state index is 0.358. The molecule has 0 radical (unpaired) electrons. The minimum atomic E-state index is -0.614. The van der Waals surface area contributed by atoms with E-state index in [-0.39, 0.29) is 5.97 Å². The van der Waals surface area contributed by atoms with Crippen molar-refractivity contribution in [3.05, 3.63) is 48.0 Å². The largest absolute Gasteiger partial charge is 0.451 e. The van der Waals surface area contributed by atoms with Gasteiger partial charge in [-0.2, -0.15) is 0 Å². The van der Waals surface area contributed by atoms with Crippen molar-refractivity contribution in [1.29, 1.82) is 0 Å². The summed E-state index contributed by atoms with van der Waals surface area (Å²) in [5, 5.41) is 0. The molecule has 1 rings (SSSR count). The molecule has 0 bridgehead atoms. The highest BCUT2D eigenvalue weighted by Crippen LogP contribution is 2.25. The van der Waals surface area contributed by atoms with Crippen molar-refractivity contribution in [3.63, 3.8) is 0 Å². The summed E-state index contributed by atoms with van der Waals surface area (Å²) in [5.74, 6) is -0.358. The summed E-state index contributed by atoms with van der Waals surface area (Å²) in [6.07, 6.45) is 0. The number of rotatable bonds is 3. The number of ether oxygens (including phenoxy) is 1. The quantitative estimate of drug-likeness (QED) is 0.558. The van der Waals surface area contributed by atoms with Crippen molar-refractivity contribution in [2.45, 2.75) is 26.4 Å². The van der Waals surface area contributed by atoms with Crippen LogP contribution in [0.5, 0.6) is 0 Å². The Morgan fingerprint density at radius 1 is 1.27 bits per heavy atom. The smallest absolute Gasteiger partial charge is 0.333 e. The molecule has 0 aromatic heterocycles. The van der Waals surface area contributed by atoms with E-state index in [2.05, 4.69) is 6.58 Å². The summed E-state index contributed by atoms with van der Waals surface area (Å²) < 4.78 is 5.35. The second kappa shape index (κ2) is 4.30. The van der Waals surface area contributed by atoms with Crippen LogP contribution >= 0.6 is 0 Å². The molecular weight excluding hydrogens is 188 g/mol. The number of carbonyl (C=O) groups excluding carboxylic acids is 1. The molecule has 0 spiro atoms. The van der Waals surface area contributed by atoms with Crippen LogP contribution in [0.4, 0.5) is 0 Å². The predicted octanol–water partition coefficient (Wildman–Crippen LogP) is 3.04. The summed E-state index contributed by atoms with van der Waals surface area (Å²) in [5.41, 5.74) is 0.774. The molecule has 0 saturated carbocycles. The first-order valence-electron chi connectivity index (χ1n) is 4.88. The van der Waals surface area contributed by atoms with Gasteiger partial charge in [-0.15, -0.1) is 0 Å². The average Bonchev–Trinajstić information content (AvgIpc) is 2.18. The summed E-state index contributed by atoms with van der Waals surface area (Å²) in [4.78, 5) is 11.4. The molecule has 0 fully saturated rings. The molecule has 0 amide bonds. The average molecular weight is 204 g/mol. The van der Waals surface area contributed by atoms with Crippen LogP contribution in [-0.4, -0.2) is 5.97 Å². The summed E-state index contributed by atoms with van der Waals surface area (Å²) >= 11 is 0. The highest BCUT2D eigenvalue weighted by Gasteiger charge is 2.24. The third kappa shape index (κ3) is 2.94. The van der Waals surface area contributed by atoms with E-state index in [9.17, 15) is 4.79 Å². The van der Waals surface area contributed by atoms with Crippen molar-refractivity contribution in [2.75, 3.05) is 0 Å². The summed E-state index contributed by atoms with van der Waals surface area (Å²) in [6, 6.07) is 9.65. The van der Waals surface area contributed by atoms with Gasteiger partial charge in [0.25, 0.3) is 0 Å². The second-order valence-electron chi connectivity index (χ2n) is 4.05. The van der Waals surface area contributed by atoms with Crippen LogP contribution in [0.15, 0.2) is 42.5 Å². The molecule has 0 aliphatic rings. The molecule has 0 unspecified atom stereocenters. The van der Waals surface area contributed by atoms with Crippen LogP contribution in [0.2, 0.25) is 0 Å². The number of hydrogen-bond donors (Lipinski definition) is 0. The van der Waals surface area contributed by atoms with Gasteiger partial charge in [-0.05, 0) is 26.3 Å². The van der Waals surface area contributed by atoms with Crippen molar-refractivity contribution in [3.8, 4) is 0 Å². The van der Waals surface area contributed by atoms with E-state index in [1.54, 1.807) is 6.92 Å². The Bertz CT molecular complexity index is 363. The Hall–Kier alpha value is -1.57. The van der Waals surface area contributed by atoms with Gasteiger partial charge >= 0.3 is 5.97 Å². The van der Waals surface area contributed by atoms with Gasteiger partial charge in [-0.1, -0.05) is 36.9 Å². The SMILES string of the molecule is C=C(C)C(=O)OC(C)(C)c1ccccc1. The number of carbonyl (C=O) groups is 1. The predicted molar refractivity (Wildman–Crippen MR) is 60.4 cm³/mol. The van der Waals surface area contributed by atoms with E-state index < -0.39 is 5.60 Å². The Labute approximate surface area is 90.6 Å². The fraction of sp³-hybridized carbons (Fsp3) is 0.308. The molecule has 0 aliphatic carbocycles. The van der Waals surface area contributed by atoms with E-state index in [1.165, 1.54) is 0 Å². The van der Waals surface area contributed by atoms with Gasteiger partial charge < -0.3 is 4.74 Å². The van der Waals surface area contributed by atoms with Gasteiger partial charge in [0.2, 0.25) is 0 Å². The Morgan fingerprint density at radius 3 is 2.27 bits per heavy atom. The van der Waals surface area contributed by atoms with Crippen molar-refractivity contribution in [1.82, 2.24) is 0 Å². The first-order valence-corrected chi connectivity index (χ1v) is 4.88. The van der Waals surface area contributed by atoms with Gasteiger partial charge in [-0.25, -0.2) is 4.79 Å². The van der Waals surface area contributed by atoms with Gasteiger partial charge in [-0.3, -0.25) is 0 Å². The molecule has 0 atom stereocenters. The van der Waals surface area contributed by atoms with Crippen LogP contribution in [0.25, 0.3) is 0 Å². The Kier molecular flexibility index (Phi) is 3.30. The van der Waals surface area contributed by atoms with E-state index in [4.69, 9.17) is 4.74 Å². The van der Waals surface area contributed by atoms with Crippen LogP contribution in [0.1, 0.15) is 26.3 Å². The van der Waals surface area contributed by atoms with E-state index in [0.717, 1.165) is 5.56 Å². The maximum Gasteiger partial charge on any atom is 0.333 e. The third-order valence-corrected chi connectivity index (χ3v) is 2.17. The highest BCUT2D eigenvalue weighted by atomic mass is 16.6. The van der Waals surface area contributed by atoms with Crippen LogP contribution in [0, 0.1) is 0 Å². The number of hydrogen-bond acceptors (Lipinski definition) is 2. The fourth-order valence-electron chi connectivity index (χ4n) is 1.22. The molecule has 2 heteroatoms. The molecular formula is C13H16O2. The lowest BCUT2D eigenvalue weighted by molar-refractivity contribution is -0.152. The van der Waals surface area contributed by atoms with Gasteiger partial charge in [0, 0.05) is 5.57 Å². The van der Waals surface area contributed by atoms with Crippen molar-refractivity contribution in [2.24, 2.45) is 0 Å².